The average Bonchev–Trinajstić information content (AvgIpc) is 3.85. The molecule has 1 saturated heterocycles. The molecule has 3 heterocycles. The van der Waals surface area contributed by atoms with Crippen LogP contribution in [-0.4, -0.2) is 59.9 Å². The number of ether oxygens (including phenoxy) is 1. The summed E-state index contributed by atoms with van der Waals surface area (Å²) in [5.74, 6) is -1.67. The first-order valence-corrected chi connectivity index (χ1v) is 16.2. The minimum atomic E-state index is -4.92. The van der Waals surface area contributed by atoms with Gasteiger partial charge in [-0.1, -0.05) is 12.1 Å². The number of halogens is 3. The Labute approximate surface area is 256 Å². The van der Waals surface area contributed by atoms with Crippen molar-refractivity contribution in [3.8, 4) is 5.75 Å². The molecular weight excluding hydrogens is 611 g/mol. The number of hydrogen-bond acceptors (Lipinski definition) is 9. The summed E-state index contributed by atoms with van der Waals surface area (Å²) < 4.78 is 70.9. The predicted octanol–water partition coefficient (Wildman–Crippen LogP) is 4.64. The highest BCUT2D eigenvalue weighted by atomic mass is 32.2. The van der Waals surface area contributed by atoms with Crippen molar-refractivity contribution < 1.29 is 31.1 Å². The van der Waals surface area contributed by atoms with Gasteiger partial charge in [0.1, 0.15) is 17.5 Å². The lowest BCUT2D eigenvalue weighted by Gasteiger charge is -2.23. The van der Waals surface area contributed by atoms with Gasteiger partial charge in [-0.15, -0.1) is 0 Å². The van der Waals surface area contributed by atoms with E-state index in [1.807, 2.05) is 12.1 Å². The van der Waals surface area contributed by atoms with Crippen molar-refractivity contribution in [2.24, 2.45) is 5.92 Å². The summed E-state index contributed by atoms with van der Waals surface area (Å²) >= 11 is 0. The number of pyridine rings is 1. The fourth-order valence-corrected chi connectivity index (χ4v) is 6.49. The summed E-state index contributed by atoms with van der Waals surface area (Å²) in [6, 6.07) is 13.7. The summed E-state index contributed by atoms with van der Waals surface area (Å²) in [5.41, 5.74) is 0.393. The highest BCUT2D eigenvalue weighted by molar-refractivity contribution is 7.91. The molecule has 1 aliphatic carbocycles. The number of piperidine rings is 1. The molecule has 4 aromatic rings. The van der Waals surface area contributed by atoms with Gasteiger partial charge in [-0.05, 0) is 86.8 Å². The van der Waals surface area contributed by atoms with E-state index in [2.05, 4.69) is 20.6 Å². The largest absolute Gasteiger partial charge is 0.490 e. The Morgan fingerprint density at radius 1 is 1.04 bits per heavy atom. The van der Waals surface area contributed by atoms with Gasteiger partial charge >= 0.3 is 6.18 Å². The van der Waals surface area contributed by atoms with Gasteiger partial charge in [0.2, 0.25) is 5.95 Å². The second kappa shape index (κ2) is 12.2. The molecule has 2 N–H and O–H groups in total. The molecular formula is C31H30F3N5O5S. The van der Waals surface area contributed by atoms with Gasteiger partial charge in [0.15, 0.2) is 21.4 Å². The SMILES string of the molecule is O=C(c1cc2cnc(Nc3ccc(OC4CCNCC4)cc3)nc2n(Cc2cccc(S(=O)(=O)CC(F)(F)F)c2)c1=O)C1CC1. The number of nitrogens with one attached hydrogen (secondary N) is 2. The number of fused-ring (bicyclic) bond motifs is 1. The topological polar surface area (TPSA) is 132 Å². The number of nitrogens with zero attached hydrogens (tertiary/aromatic N) is 3. The first kappa shape index (κ1) is 30.7. The number of carbonyl (C=O) groups is 1. The van der Waals surface area contributed by atoms with Gasteiger partial charge in [0.25, 0.3) is 5.56 Å². The minimum Gasteiger partial charge on any atom is -0.490 e. The second-order valence-corrected chi connectivity index (χ2v) is 13.3. The van der Waals surface area contributed by atoms with Crippen molar-refractivity contribution in [1.82, 2.24) is 19.9 Å². The van der Waals surface area contributed by atoms with Crippen molar-refractivity contribution in [2.45, 2.75) is 49.4 Å². The van der Waals surface area contributed by atoms with Gasteiger partial charge < -0.3 is 15.4 Å². The molecule has 0 bridgehead atoms. The highest BCUT2D eigenvalue weighted by Gasteiger charge is 2.36. The Morgan fingerprint density at radius 3 is 2.47 bits per heavy atom. The zero-order chi connectivity index (χ0) is 31.8. The zero-order valence-corrected chi connectivity index (χ0v) is 24.8. The monoisotopic (exact) mass is 641 g/mol. The molecule has 0 spiro atoms. The van der Waals surface area contributed by atoms with Gasteiger partial charge in [-0.2, -0.15) is 18.2 Å². The molecule has 236 valence electrons. The summed E-state index contributed by atoms with van der Waals surface area (Å²) in [7, 11) is -4.68. The number of hydrogen-bond donors (Lipinski definition) is 2. The van der Waals surface area contributed by atoms with Crippen molar-refractivity contribution in [1.29, 1.82) is 0 Å². The molecule has 2 aromatic heterocycles. The number of benzene rings is 2. The molecule has 1 saturated carbocycles. The fourth-order valence-electron chi connectivity index (χ4n) is 5.28. The highest BCUT2D eigenvalue weighted by Crippen LogP contribution is 2.32. The molecule has 45 heavy (non-hydrogen) atoms. The van der Waals surface area contributed by atoms with Crippen LogP contribution in [0.25, 0.3) is 11.0 Å². The molecule has 2 aliphatic rings. The van der Waals surface area contributed by atoms with E-state index < -0.39 is 32.2 Å². The number of sulfone groups is 1. The molecule has 2 fully saturated rings. The van der Waals surface area contributed by atoms with Crippen LogP contribution in [0.3, 0.4) is 0 Å². The Bertz CT molecular complexity index is 1900. The quantitative estimate of drug-likeness (QED) is 0.238. The smallest absolute Gasteiger partial charge is 0.403 e. The lowest BCUT2D eigenvalue weighted by atomic mass is 10.1. The summed E-state index contributed by atoms with van der Waals surface area (Å²) in [6.45, 7) is 1.58. The minimum absolute atomic E-state index is 0.0421. The van der Waals surface area contributed by atoms with Gasteiger partial charge in [-0.25, -0.2) is 13.4 Å². The average molecular weight is 642 g/mol. The molecule has 2 aromatic carbocycles. The Hall–Kier alpha value is -4.30. The van der Waals surface area contributed by atoms with Gasteiger partial charge in [0.05, 0.1) is 17.0 Å². The molecule has 0 unspecified atom stereocenters. The first-order chi connectivity index (χ1) is 21.4. The maximum atomic E-state index is 13.7. The molecule has 6 rings (SSSR count). The van der Waals surface area contributed by atoms with Gasteiger partial charge in [-0.3, -0.25) is 14.2 Å². The van der Waals surface area contributed by atoms with E-state index in [4.69, 9.17) is 4.74 Å². The Kier molecular flexibility index (Phi) is 8.35. The molecule has 1 aliphatic heterocycles. The van der Waals surface area contributed by atoms with Crippen molar-refractivity contribution in [3.05, 3.63) is 82.3 Å². The van der Waals surface area contributed by atoms with Crippen LogP contribution < -0.4 is 20.9 Å². The van der Waals surface area contributed by atoms with Crippen LogP contribution in [0.4, 0.5) is 24.8 Å². The standard InChI is InChI=1S/C31H30F3N5O5S/c32-31(33,34)18-45(42,43)25-3-1-2-19(14-25)17-39-28-21(15-26(29(39)41)27(40)20-4-5-20)16-36-30(38-28)37-22-6-8-23(9-7-22)44-24-10-12-35-13-11-24/h1-3,6-9,14-16,20,24,35H,4-5,10-13,17-18H2,(H,36,37,38). The summed E-state index contributed by atoms with van der Waals surface area (Å²) in [4.78, 5) is 35.1. The Morgan fingerprint density at radius 2 is 1.78 bits per heavy atom. The van der Waals surface area contributed by atoms with Crippen LogP contribution >= 0.6 is 0 Å². The number of aromatic nitrogens is 3. The number of anilines is 2. The van der Waals surface area contributed by atoms with Crippen LogP contribution in [0.15, 0.2) is 70.5 Å². The van der Waals surface area contributed by atoms with Crippen LogP contribution in [0.5, 0.6) is 5.75 Å². The van der Waals surface area contributed by atoms with Gasteiger partial charge in [0, 0.05) is 23.2 Å². The second-order valence-electron chi connectivity index (χ2n) is 11.3. The van der Waals surface area contributed by atoms with E-state index >= 15 is 0 Å². The normalized spacial score (nSPS) is 16.1. The fraction of sp³-hybridized carbons (Fsp3) is 0.355. The number of carbonyl (C=O) groups excluding carboxylic acids is 1. The molecule has 0 amide bonds. The summed E-state index contributed by atoms with van der Waals surface area (Å²) in [6.07, 6.45) is -0.0912. The number of alkyl halides is 3. The molecule has 0 atom stereocenters. The number of rotatable bonds is 10. The summed E-state index contributed by atoms with van der Waals surface area (Å²) in [5, 5.41) is 6.80. The van der Waals surface area contributed by atoms with Crippen LogP contribution in [0, 0.1) is 5.92 Å². The predicted molar refractivity (Wildman–Crippen MR) is 161 cm³/mol. The Balaban J connectivity index is 1.32. The first-order valence-electron chi connectivity index (χ1n) is 14.5. The van der Waals surface area contributed by atoms with E-state index in [0.717, 1.165) is 43.8 Å². The third kappa shape index (κ3) is 7.34. The number of Topliss-reactive ketones (excluding diaryl/α,β-unsaturated/α-hetero) is 1. The van der Waals surface area contributed by atoms with Crippen molar-refractivity contribution >= 4 is 38.3 Å². The van der Waals surface area contributed by atoms with Crippen LogP contribution in [0.2, 0.25) is 0 Å². The van der Waals surface area contributed by atoms with E-state index in [1.54, 1.807) is 12.1 Å². The van der Waals surface area contributed by atoms with Crippen molar-refractivity contribution in [2.75, 3.05) is 24.2 Å². The molecule has 14 heteroatoms. The van der Waals surface area contributed by atoms with E-state index in [-0.39, 0.29) is 47.1 Å². The molecule has 10 nitrogen and oxygen atoms in total. The zero-order valence-electron chi connectivity index (χ0n) is 24.0. The van der Waals surface area contributed by atoms with E-state index in [1.165, 1.54) is 29.0 Å². The van der Waals surface area contributed by atoms with Crippen LogP contribution in [0.1, 0.15) is 41.6 Å². The van der Waals surface area contributed by atoms with Crippen LogP contribution in [-0.2, 0) is 16.4 Å². The lowest BCUT2D eigenvalue weighted by Crippen LogP contribution is -2.34. The third-order valence-electron chi connectivity index (χ3n) is 7.69. The van der Waals surface area contributed by atoms with E-state index in [0.29, 0.717) is 23.9 Å². The maximum absolute atomic E-state index is 13.7. The maximum Gasteiger partial charge on any atom is 0.403 e. The third-order valence-corrected chi connectivity index (χ3v) is 9.37. The number of ketones is 1. The van der Waals surface area contributed by atoms with E-state index in [9.17, 15) is 31.2 Å². The lowest BCUT2D eigenvalue weighted by molar-refractivity contribution is -0.106. The van der Waals surface area contributed by atoms with Crippen molar-refractivity contribution in [3.63, 3.8) is 0 Å². The molecule has 0 radical (unpaired) electrons.